The number of carboxylic acid groups (broad SMARTS) is 1. The van der Waals surface area contributed by atoms with E-state index >= 15 is 0 Å². The van der Waals surface area contributed by atoms with Crippen LogP contribution in [0.25, 0.3) is 0 Å². The number of nitrogens with zero attached hydrogens (tertiary/aromatic N) is 1. The summed E-state index contributed by atoms with van der Waals surface area (Å²) in [5, 5.41) is 17.2. The van der Waals surface area contributed by atoms with Crippen LogP contribution in [0.5, 0.6) is 5.75 Å². The number of nitriles is 1. The Labute approximate surface area is 97.6 Å². The molecule has 0 aromatic heterocycles. The zero-order valence-electron chi connectivity index (χ0n) is 9.11. The molecular weight excluding hydrogens is 225 g/mol. The molecule has 5 heteroatoms. The highest BCUT2D eigenvalue weighted by Gasteiger charge is 2.08. The third kappa shape index (κ3) is 3.61. The second kappa shape index (κ2) is 5.66. The second-order valence-electron chi connectivity index (χ2n) is 3.34. The molecule has 0 radical (unpaired) electrons. The van der Waals surface area contributed by atoms with Gasteiger partial charge in [-0.3, -0.25) is 0 Å². The second-order valence-corrected chi connectivity index (χ2v) is 3.34. The summed E-state index contributed by atoms with van der Waals surface area (Å²) in [4.78, 5) is 10.4. The van der Waals surface area contributed by atoms with Gasteiger partial charge in [-0.15, -0.1) is 0 Å². The normalized spacial score (nSPS) is 10.8. The third-order valence-corrected chi connectivity index (χ3v) is 1.91. The average molecular weight is 235 g/mol. The van der Waals surface area contributed by atoms with E-state index < -0.39 is 11.8 Å². The number of hydrogen-bond donors (Lipinski definition) is 1. The van der Waals surface area contributed by atoms with Crippen molar-refractivity contribution in [2.75, 3.05) is 6.61 Å². The number of halogens is 1. The minimum atomic E-state index is -1.08. The van der Waals surface area contributed by atoms with Crippen molar-refractivity contribution in [2.45, 2.75) is 6.92 Å². The fourth-order valence-corrected chi connectivity index (χ4v) is 1.18. The zero-order chi connectivity index (χ0) is 12.8. The topological polar surface area (TPSA) is 70.3 Å². The SMILES string of the molecule is CC(=CC(=O)O)COc1cccc(F)c1C#N. The number of rotatable bonds is 4. The maximum absolute atomic E-state index is 13.2. The van der Waals surface area contributed by atoms with Crippen LogP contribution in [0.1, 0.15) is 12.5 Å². The predicted octanol–water partition coefficient (Wildman–Crippen LogP) is 2.11. The Balaban J connectivity index is 2.81. The van der Waals surface area contributed by atoms with E-state index in [9.17, 15) is 9.18 Å². The van der Waals surface area contributed by atoms with Crippen molar-refractivity contribution in [2.24, 2.45) is 0 Å². The lowest BCUT2D eigenvalue weighted by atomic mass is 10.2. The number of carbonyl (C=O) groups is 1. The maximum Gasteiger partial charge on any atom is 0.328 e. The van der Waals surface area contributed by atoms with Crippen molar-refractivity contribution >= 4 is 5.97 Å². The Bertz CT molecular complexity index is 503. The summed E-state index contributed by atoms with van der Waals surface area (Å²) in [6, 6.07) is 5.72. The highest BCUT2D eigenvalue weighted by atomic mass is 19.1. The molecule has 0 aliphatic rings. The van der Waals surface area contributed by atoms with Crippen LogP contribution < -0.4 is 4.74 Å². The standard InChI is InChI=1S/C12H10FNO3/c1-8(5-12(15)16)7-17-11-4-2-3-10(13)9(11)6-14/h2-5H,7H2,1H3,(H,15,16). The molecule has 0 heterocycles. The minimum absolute atomic E-state index is 0.00949. The van der Waals surface area contributed by atoms with Gasteiger partial charge < -0.3 is 9.84 Å². The molecule has 1 aromatic rings. The smallest absolute Gasteiger partial charge is 0.328 e. The van der Waals surface area contributed by atoms with Crippen LogP contribution in [0.4, 0.5) is 4.39 Å². The predicted molar refractivity (Wildman–Crippen MR) is 58.0 cm³/mol. The van der Waals surface area contributed by atoms with Gasteiger partial charge in [0.2, 0.25) is 0 Å². The Kier molecular flexibility index (Phi) is 4.23. The van der Waals surface area contributed by atoms with Crippen molar-refractivity contribution in [3.8, 4) is 11.8 Å². The molecule has 0 spiro atoms. The van der Waals surface area contributed by atoms with Gasteiger partial charge in [0, 0.05) is 6.08 Å². The van der Waals surface area contributed by atoms with Crippen LogP contribution in [0, 0.1) is 17.1 Å². The van der Waals surface area contributed by atoms with Crippen molar-refractivity contribution in [1.82, 2.24) is 0 Å². The van der Waals surface area contributed by atoms with Crippen molar-refractivity contribution < 1.29 is 19.0 Å². The van der Waals surface area contributed by atoms with Crippen LogP contribution >= 0.6 is 0 Å². The molecule has 0 unspecified atom stereocenters. The molecule has 4 nitrogen and oxygen atoms in total. The molecule has 17 heavy (non-hydrogen) atoms. The van der Waals surface area contributed by atoms with Crippen molar-refractivity contribution in [3.05, 3.63) is 41.2 Å². The first kappa shape index (κ1) is 12.7. The van der Waals surface area contributed by atoms with Crippen molar-refractivity contribution in [3.63, 3.8) is 0 Å². The third-order valence-electron chi connectivity index (χ3n) is 1.91. The average Bonchev–Trinajstić information content (AvgIpc) is 2.25. The lowest BCUT2D eigenvalue weighted by molar-refractivity contribution is -0.131. The first-order chi connectivity index (χ1) is 8.04. The molecule has 0 saturated heterocycles. The van der Waals surface area contributed by atoms with Crippen LogP contribution in [-0.2, 0) is 4.79 Å². The molecular formula is C12H10FNO3. The van der Waals surface area contributed by atoms with Crippen LogP contribution in [0.2, 0.25) is 0 Å². The molecule has 0 saturated carbocycles. The molecule has 1 rings (SSSR count). The van der Waals surface area contributed by atoms with E-state index in [1.54, 1.807) is 13.0 Å². The van der Waals surface area contributed by atoms with E-state index in [1.165, 1.54) is 12.1 Å². The molecule has 1 N–H and O–H groups in total. The van der Waals surface area contributed by atoms with E-state index in [1.807, 2.05) is 0 Å². The van der Waals surface area contributed by atoms with Gasteiger partial charge in [0.05, 0.1) is 0 Å². The van der Waals surface area contributed by atoms with Gasteiger partial charge in [-0.25, -0.2) is 9.18 Å². The summed E-state index contributed by atoms with van der Waals surface area (Å²) in [7, 11) is 0. The number of hydrogen-bond acceptors (Lipinski definition) is 3. The first-order valence-electron chi connectivity index (χ1n) is 4.76. The summed E-state index contributed by atoms with van der Waals surface area (Å²) < 4.78 is 18.4. The van der Waals surface area contributed by atoms with Gasteiger partial charge in [-0.1, -0.05) is 6.07 Å². The molecule has 0 fully saturated rings. The monoisotopic (exact) mass is 235 g/mol. The Morgan fingerprint density at radius 1 is 1.65 bits per heavy atom. The molecule has 0 bridgehead atoms. The largest absolute Gasteiger partial charge is 0.488 e. The Morgan fingerprint density at radius 3 is 2.94 bits per heavy atom. The van der Waals surface area contributed by atoms with Gasteiger partial charge in [-0.05, 0) is 24.6 Å². The molecule has 0 aliphatic carbocycles. The summed E-state index contributed by atoms with van der Waals surface area (Å²) in [6.07, 6.45) is 0.991. The van der Waals surface area contributed by atoms with Crippen LogP contribution in [0.3, 0.4) is 0 Å². The van der Waals surface area contributed by atoms with Gasteiger partial charge in [0.1, 0.15) is 29.8 Å². The number of carboxylic acids is 1. The maximum atomic E-state index is 13.2. The summed E-state index contributed by atoms with van der Waals surface area (Å²) in [6.45, 7) is 1.56. The number of benzene rings is 1. The lowest BCUT2D eigenvalue weighted by Gasteiger charge is -2.07. The summed E-state index contributed by atoms with van der Waals surface area (Å²) in [5.41, 5.74) is 0.279. The van der Waals surface area contributed by atoms with E-state index in [2.05, 4.69) is 0 Å². The molecule has 1 aromatic carbocycles. The van der Waals surface area contributed by atoms with Crippen LogP contribution in [0.15, 0.2) is 29.8 Å². The van der Waals surface area contributed by atoms with Gasteiger partial charge in [-0.2, -0.15) is 5.26 Å². The Morgan fingerprint density at radius 2 is 2.35 bits per heavy atom. The van der Waals surface area contributed by atoms with Crippen molar-refractivity contribution in [1.29, 1.82) is 5.26 Å². The van der Waals surface area contributed by atoms with E-state index in [-0.39, 0.29) is 17.9 Å². The fourth-order valence-electron chi connectivity index (χ4n) is 1.18. The number of ether oxygens (including phenoxy) is 1. The molecule has 0 atom stereocenters. The molecule has 0 aliphatic heterocycles. The van der Waals surface area contributed by atoms with E-state index in [0.29, 0.717) is 5.57 Å². The van der Waals surface area contributed by atoms with Gasteiger partial charge in [0.15, 0.2) is 0 Å². The van der Waals surface area contributed by atoms with Crippen LogP contribution in [-0.4, -0.2) is 17.7 Å². The molecule has 88 valence electrons. The summed E-state index contributed by atoms with van der Waals surface area (Å²) >= 11 is 0. The quantitative estimate of drug-likeness (QED) is 0.811. The van der Waals surface area contributed by atoms with Gasteiger partial charge >= 0.3 is 5.97 Å². The Hall–Kier alpha value is -2.35. The van der Waals surface area contributed by atoms with E-state index in [0.717, 1.165) is 12.1 Å². The summed E-state index contributed by atoms with van der Waals surface area (Å²) in [5.74, 6) is -1.64. The minimum Gasteiger partial charge on any atom is -0.488 e. The highest BCUT2D eigenvalue weighted by Crippen LogP contribution is 2.20. The lowest BCUT2D eigenvalue weighted by Crippen LogP contribution is -2.03. The first-order valence-corrected chi connectivity index (χ1v) is 4.76. The zero-order valence-corrected chi connectivity index (χ0v) is 9.11. The van der Waals surface area contributed by atoms with E-state index in [4.69, 9.17) is 15.1 Å². The molecule has 0 amide bonds. The fraction of sp³-hybridized carbons (Fsp3) is 0.167. The van der Waals surface area contributed by atoms with Gasteiger partial charge in [0.25, 0.3) is 0 Å². The highest BCUT2D eigenvalue weighted by molar-refractivity contribution is 5.80. The number of aliphatic carboxylic acids is 1.